The zero-order valence-corrected chi connectivity index (χ0v) is 18.8. The molecule has 34 heavy (non-hydrogen) atoms. The molecule has 1 atom stereocenters. The van der Waals surface area contributed by atoms with Gasteiger partial charge < -0.3 is 25.2 Å². The van der Waals surface area contributed by atoms with Crippen molar-refractivity contribution >= 4 is 24.2 Å². The molecule has 4 N–H and O–H groups in total. The molecule has 1 amide bonds. The molecule has 1 heterocycles. The summed E-state index contributed by atoms with van der Waals surface area (Å²) in [6, 6.07) is 15.6. The number of carbonyl (C=O) groups is 2. The Balaban J connectivity index is 1.37. The Bertz CT molecular complexity index is 996. The van der Waals surface area contributed by atoms with Crippen LogP contribution in [0.25, 0.3) is 0 Å². The van der Waals surface area contributed by atoms with Crippen molar-refractivity contribution in [1.29, 1.82) is 0 Å². The molecule has 2 aromatic rings. The normalized spacial score (nSPS) is 13.6. The molecule has 10 nitrogen and oxygen atoms in total. The van der Waals surface area contributed by atoms with Crippen molar-refractivity contribution in [3.63, 3.8) is 0 Å². The molecule has 10 heteroatoms. The number of hydrazone groups is 1. The highest BCUT2D eigenvalue weighted by atomic mass is 16.5. The van der Waals surface area contributed by atoms with E-state index in [1.807, 2.05) is 48.5 Å². The van der Waals surface area contributed by atoms with E-state index in [4.69, 9.17) is 9.47 Å². The lowest BCUT2D eigenvalue weighted by Gasteiger charge is -2.15. The van der Waals surface area contributed by atoms with E-state index in [9.17, 15) is 14.7 Å². The number of nitrogens with one attached hydrogen (secondary N) is 3. The zero-order chi connectivity index (χ0) is 24.0. The molecule has 2 aromatic carbocycles. The molecule has 1 aliphatic heterocycles. The topological polar surface area (TPSA) is 134 Å². The number of hydrogen-bond donors (Lipinski definition) is 4. The number of rotatable bonds is 12. The van der Waals surface area contributed by atoms with E-state index in [2.05, 4.69) is 26.2 Å². The van der Waals surface area contributed by atoms with Crippen molar-refractivity contribution in [2.24, 2.45) is 10.1 Å². The lowest BCUT2D eigenvalue weighted by Crippen LogP contribution is -2.42. The molecular weight excluding hydrogens is 438 g/mol. The SMILES string of the molecule is O=C(N[C@@H](CCOc1cccc(CCC=NNC2=NCCN2)c1)C(=O)O)OCc1ccccc1. The van der Waals surface area contributed by atoms with Crippen LogP contribution >= 0.6 is 0 Å². The van der Waals surface area contributed by atoms with Gasteiger partial charge in [0.05, 0.1) is 13.2 Å². The highest BCUT2D eigenvalue weighted by Gasteiger charge is 2.20. The first kappa shape index (κ1) is 24.6. The molecule has 0 aliphatic carbocycles. The van der Waals surface area contributed by atoms with Crippen molar-refractivity contribution in [1.82, 2.24) is 16.1 Å². The van der Waals surface area contributed by atoms with Gasteiger partial charge in [-0.3, -0.25) is 0 Å². The second-order valence-electron chi connectivity index (χ2n) is 7.50. The average molecular weight is 468 g/mol. The van der Waals surface area contributed by atoms with E-state index >= 15 is 0 Å². The molecule has 180 valence electrons. The van der Waals surface area contributed by atoms with Crippen LogP contribution in [-0.4, -0.2) is 55.1 Å². The van der Waals surface area contributed by atoms with E-state index < -0.39 is 18.1 Å². The number of aliphatic imine (C=N–C) groups is 1. The smallest absolute Gasteiger partial charge is 0.408 e. The number of carbonyl (C=O) groups excluding carboxylic acids is 1. The molecule has 0 aromatic heterocycles. The third-order valence-electron chi connectivity index (χ3n) is 4.87. The molecule has 0 radical (unpaired) electrons. The Labute approximate surface area is 198 Å². The number of ether oxygens (including phenoxy) is 2. The molecule has 3 rings (SSSR count). The van der Waals surface area contributed by atoms with Gasteiger partial charge in [0.1, 0.15) is 18.4 Å². The number of aliphatic carboxylic acids is 1. The molecule has 0 bridgehead atoms. The summed E-state index contributed by atoms with van der Waals surface area (Å²) in [5.74, 6) is 0.166. The first-order valence-electron chi connectivity index (χ1n) is 11.1. The number of benzene rings is 2. The van der Waals surface area contributed by atoms with E-state index in [0.29, 0.717) is 11.7 Å². The lowest BCUT2D eigenvalue weighted by atomic mass is 10.1. The van der Waals surface area contributed by atoms with Crippen LogP contribution in [0.3, 0.4) is 0 Å². The number of guanidine groups is 1. The van der Waals surface area contributed by atoms with Gasteiger partial charge in [-0.25, -0.2) is 20.0 Å². The molecule has 0 unspecified atom stereocenters. The summed E-state index contributed by atoms with van der Waals surface area (Å²) in [5.41, 5.74) is 4.74. The van der Waals surface area contributed by atoms with E-state index in [-0.39, 0.29) is 19.6 Å². The third-order valence-corrected chi connectivity index (χ3v) is 4.87. The van der Waals surface area contributed by atoms with Crippen molar-refractivity contribution in [3.8, 4) is 5.75 Å². The summed E-state index contributed by atoms with van der Waals surface area (Å²) in [4.78, 5) is 27.7. The van der Waals surface area contributed by atoms with Gasteiger partial charge in [0, 0.05) is 19.2 Å². The number of carboxylic acids is 1. The Morgan fingerprint density at radius 2 is 2.00 bits per heavy atom. The van der Waals surface area contributed by atoms with Gasteiger partial charge in [-0.05, 0) is 36.1 Å². The average Bonchev–Trinajstić information content (AvgIpc) is 3.36. The number of amides is 1. The maximum Gasteiger partial charge on any atom is 0.408 e. The quantitative estimate of drug-likeness (QED) is 0.278. The monoisotopic (exact) mass is 467 g/mol. The number of aryl methyl sites for hydroxylation is 1. The first-order valence-corrected chi connectivity index (χ1v) is 11.1. The molecular formula is C24H29N5O5. The van der Waals surface area contributed by atoms with Crippen molar-refractivity contribution in [2.75, 3.05) is 19.7 Å². The van der Waals surface area contributed by atoms with Crippen LogP contribution in [0.15, 0.2) is 64.7 Å². The Morgan fingerprint density at radius 1 is 1.18 bits per heavy atom. The Hall–Kier alpha value is -4.08. The fourth-order valence-corrected chi connectivity index (χ4v) is 3.13. The van der Waals surface area contributed by atoms with Crippen molar-refractivity contribution < 1.29 is 24.2 Å². The van der Waals surface area contributed by atoms with Gasteiger partial charge >= 0.3 is 12.1 Å². The number of nitrogens with zero attached hydrogens (tertiary/aromatic N) is 2. The maximum absolute atomic E-state index is 12.0. The molecule has 0 saturated carbocycles. The molecule has 0 saturated heterocycles. The van der Waals surface area contributed by atoms with Crippen molar-refractivity contribution in [3.05, 3.63) is 65.7 Å². The molecule has 0 spiro atoms. The lowest BCUT2D eigenvalue weighted by molar-refractivity contribution is -0.139. The Morgan fingerprint density at radius 3 is 2.76 bits per heavy atom. The van der Waals surface area contributed by atoms with Crippen LogP contribution < -0.4 is 20.8 Å². The van der Waals surface area contributed by atoms with Crippen LogP contribution in [-0.2, 0) is 22.6 Å². The fraction of sp³-hybridized carbons (Fsp3) is 0.333. The fourth-order valence-electron chi connectivity index (χ4n) is 3.13. The van der Waals surface area contributed by atoms with Gasteiger partial charge in [0.25, 0.3) is 0 Å². The summed E-state index contributed by atoms with van der Waals surface area (Å²) in [6.45, 7) is 1.77. The second kappa shape index (κ2) is 13.5. The number of hydrogen-bond acceptors (Lipinski definition) is 8. The zero-order valence-electron chi connectivity index (χ0n) is 18.8. The minimum absolute atomic E-state index is 0.0642. The highest BCUT2D eigenvalue weighted by molar-refractivity contribution is 5.81. The number of alkyl carbamates (subject to hydrolysis) is 1. The van der Waals surface area contributed by atoms with Gasteiger partial charge in [0.2, 0.25) is 5.96 Å². The van der Waals surface area contributed by atoms with Crippen LogP contribution in [0.2, 0.25) is 0 Å². The minimum Gasteiger partial charge on any atom is -0.493 e. The summed E-state index contributed by atoms with van der Waals surface area (Å²) in [5, 5.41) is 19.0. The standard InChI is InChI=1S/C24H29N5O5/c30-22(31)21(28-24(32)34-17-19-6-2-1-3-7-19)11-15-33-20-10-4-8-18(16-20)9-5-12-27-29-23-25-13-14-26-23/h1-4,6-8,10,12,16,21H,5,9,11,13-15,17H2,(H,28,32)(H,30,31)(H2,25,26,29)/t21-/m0/s1. The number of carboxylic acid groups (broad SMARTS) is 1. The summed E-state index contributed by atoms with van der Waals surface area (Å²) in [7, 11) is 0. The van der Waals surface area contributed by atoms with Crippen LogP contribution in [0.5, 0.6) is 5.75 Å². The van der Waals surface area contributed by atoms with E-state index in [1.165, 1.54) is 0 Å². The van der Waals surface area contributed by atoms with E-state index in [1.54, 1.807) is 12.3 Å². The van der Waals surface area contributed by atoms with Gasteiger partial charge in [-0.2, -0.15) is 5.10 Å². The van der Waals surface area contributed by atoms with Crippen molar-refractivity contribution in [2.45, 2.75) is 31.9 Å². The van der Waals surface area contributed by atoms with Crippen LogP contribution in [0.4, 0.5) is 4.79 Å². The predicted molar refractivity (Wildman–Crippen MR) is 128 cm³/mol. The predicted octanol–water partition coefficient (Wildman–Crippen LogP) is 2.30. The van der Waals surface area contributed by atoms with Gasteiger partial charge in [0.15, 0.2) is 0 Å². The van der Waals surface area contributed by atoms with Crippen LogP contribution in [0, 0.1) is 0 Å². The first-order chi connectivity index (χ1) is 16.6. The minimum atomic E-state index is -1.15. The molecule has 1 aliphatic rings. The van der Waals surface area contributed by atoms with Crippen LogP contribution in [0.1, 0.15) is 24.0 Å². The largest absolute Gasteiger partial charge is 0.493 e. The maximum atomic E-state index is 12.0. The van der Waals surface area contributed by atoms with Gasteiger partial charge in [-0.1, -0.05) is 42.5 Å². The molecule has 0 fully saturated rings. The summed E-state index contributed by atoms with van der Waals surface area (Å²) in [6.07, 6.45) is 2.60. The summed E-state index contributed by atoms with van der Waals surface area (Å²) < 4.78 is 10.8. The van der Waals surface area contributed by atoms with E-state index in [0.717, 1.165) is 37.1 Å². The van der Waals surface area contributed by atoms with Gasteiger partial charge in [-0.15, -0.1) is 0 Å². The highest BCUT2D eigenvalue weighted by Crippen LogP contribution is 2.15. The third kappa shape index (κ3) is 8.81. The summed E-state index contributed by atoms with van der Waals surface area (Å²) >= 11 is 0. The second-order valence-corrected chi connectivity index (χ2v) is 7.50. The Kier molecular flexibility index (Phi) is 9.73.